The molecule has 5 nitrogen and oxygen atoms in total. The summed E-state index contributed by atoms with van der Waals surface area (Å²) in [5.41, 5.74) is 0.585. The number of amides is 1. The number of carboxylic acid groups (broad SMARTS) is 1. The topological polar surface area (TPSA) is 71.3 Å². The Morgan fingerprint density at radius 2 is 1.92 bits per heavy atom. The molecule has 0 saturated carbocycles. The van der Waals surface area contributed by atoms with Crippen LogP contribution in [-0.2, 0) is 11.3 Å². The molecule has 1 amide bonds. The fraction of sp³-hybridized carbons (Fsp3) is 0.0588. The highest BCUT2D eigenvalue weighted by Gasteiger charge is 2.17. The monoisotopic (exact) mass is 346 g/mol. The third kappa shape index (κ3) is 3.09. The van der Waals surface area contributed by atoms with Crippen molar-refractivity contribution in [1.29, 1.82) is 0 Å². The van der Waals surface area contributed by atoms with Crippen LogP contribution in [0.1, 0.15) is 10.5 Å². The van der Waals surface area contributed by atoms with Crippen molar-refractivity contribution in [2.45, 2.75) is 6.54 Å². The summed E-state index contributed by atoms with van der Waals surface area (Å²) in [6.07, 6.45) is 0. The first kappa shape index (κ1) is 16.0. The molecule has 7 heteroatoms. The second kappa shape index (κ2) is 6.33. The first-order valence-corrected chi connectivity index (χ1v) is 7.40. The smallest absolute Gasteiger partial charge is 0.352 e. The Labute approximate surface area is 141 Å². The first-order valence-electron chi connectivity index (χ1n) is 7.02. The Kier molecular flexibility index (Phi) is 4.22. The van der Waals surface area contributed by atoms with E-state index in [1.807, 2.05) is 0 Å². The van der Waals surface area contributed by atoms with Gasteiger partial charge in [0.25, 0.3) is 0 Å². The number of carbonyl (C=O) groups excluding carboxylic acids is 1. The summed E-state index contributed by atoms with van der Waals surface area (Å²) in [6.45, 7) is -0.253. The summed E-state index contributed by atoms with van der Waals surface area (Å²) in [5.74, 6) is -2.34. The number of hydrogen-bond acceptors (Lipinski definition) is 2. The zero-order valence-corrected chi connectivity index (χ0v) is 13.0. The highest BCUT2D eigenvalue weighted by Crippen LogP contribution is 2.21. The maximum atomic E-state index is 13.7. The van der Waals surface area contributed by atoms with Gasteiger partial charge in [0, 0.05) is 15.9 Å². The highest BCUT2D eigenvalue weighted by molar-refractivity contribution is 6.30. The van der Waals surface area contributed by atoms with Gasteiger partial charge in [-0.3, -0.25) is 4.79 Å². The van der Waals surface area contributed by atoms with E-state index in [9.17, 15) is 19.1 Å². The Hall–Kier alpha value is -2.86. The van der Waals surface area contributed by atoms with Crippen LogP contribution in [0.2, 0.25) is 5.02 Å². The molecule has 2 aromatic carbocycles. The van der Waals surface area contributed by atoms with E-state index in [0.717, 1.165) is 6.07 Å². The van der Waals surface area contributed by atoms with Crippen molar-refractivity contribution in [2.75, 3.05) is 5.32 Å². The van der Waals surface area contributed by atoms with Gasteiger partial charge in [0.2, 0.25) is 5.91 Å². The number of carboxylic acids is 1. The van der Waals surface area contributed by atoms with Crippen molar-refractivity contribution >= 4 is 40.1 Å². The van der Waals surface area contributed by atoms with Gasteiger partial charge in [0.05, 0.1) is 5.69 Å². The normalized spacial score (nSPS) is 10.8. The quantitative estimate of drug-likeness (QED) is 0.755. The van der Waals surface area contributed by atoms with E-state index in [0.29, 0.717) is 10.9 Å². The molecule has 122 valence electrons. The molecule has 0 aliphatic heterocycles. The number of anilines is 1. The van der Waals surface area contributed by atoms with Gasteiger partial charge < -0.3 is 15.0 Å². The number of rotatable bonds is 4. The zero-order valence-electron chi connectivity index (χ0n) is 12.3. The fourth-order valence-electron chi connectivity index (χ4n) is 2.48. The molecule has 3 aromatic rings. The molecular formula is C17H12ClFN2O3. The summed E-state index contributed by atoms with van der Waals surface area (Å²) >= 11 is 5.67. The standard InChI is InChI=1S/C17H12ClFN2O3/c18-11-5-6-13(12(19)8-11)20-16(22)9-21-14-4-2-1-3-10(14)7-15(21)17(23)24/h1-8H,9H2,(H,20,22)(H,23,24). The number of carbonyl (C=O) groups is 2. The number of halogens is 2. The highest BCUT2D eigenvalue weighted by atomic mass is 35.5. The number of benzene rings is 2. The van der Waals surface area contributed by atoms with Crippen LogP contribution in [0.4, 0.5) is 10.1 Å². The SMILES string of the molecule is O=C(Cn1c(C(=O)O)cc2ccccc21)Nc1ccc(Cl)cc1F. The Balaban J connectivity index is 1.90. The third-order valence-electron chi connectivity index (χ3n) is 3.54. The van der Waals surface area contributed by atoms with Gasteiger partial charge in [-0.1, -0.05) is 29.8 Å². The van der Waals surface area contributed by atoms with Crippen molar-refractivity contribution in [3.05, 3.63) is 65.1 Å². The lowest BCUT2D eigenvalue weighted by Gasteiger charge is -2.10. The van der Waals surface area contributed by atoms with Gasteiger partial charge in [-0.15, -0.1) is 0 Å². The van der Waals surface area contributed by atoms with E-state index in [4.69, 9.17) is 11.6 Å². The van der Waals surface area contributed by atoms with Crippen LogP contribution in [-0.4, -0.2) is 21.6 Å². The molecule has 1 heterocycles. The Morgan fingerprint density at radius 3 is 2.62 bits per heavy atom. The molecule has 0 unspecified atom stereocenters. The molecule has 24 heavy (non-hydrogen) atoms. The molecule has 0 radical (unpaired) electrons. The van der Waals surface area contributed by atoms with Gasteiger partial charge in [-0.25, -0.2) is 9.18 Å². The number of para-hydroxylation sites is 1. The average Bonchev–Trinajstić information content (AvgIpc) is 2.89. The van der Waals surface area contributed by atoms with Crippen LogP contribution >= 0.6 is 11.6 Å². The van der Waals surface area contributed by atoms with E-state index in [1.165, 1.54) is 22.8 Å². The summed E-state index contributed by atoms with van der Waals surface area (Å²) in [5, 5.41) is 12.7. The second-order valence-corrected chi connectivity index (χ2v) is 5.59. The molecule has 0 saturated heterocycles. The minimum absolute atomic E-state index is 0.0112. The molecule has 0 spiro atoms. The summed E-state index contributed by atoms with van der Waals surface area (Å²) in [6, 6.07) is 12.4. The van der Waals surface area contributed by atoms with E-state index in [2.05, 4.69) is 5.32 Å². The molecule has 0 bridgehead atoms. The molecule has 2 N–H and O–H groups in total. The summed E-state index contributed by atoms with van der Waals surface area (Å²) in [4.78, 5) is 23.6. The zero-order chi connectivity index (χ0) is 17.3. The lowest BCUT2D eigenvalue weighted by molar-refractivity contribution is -0.116. The number of aromatic nitrogens is 1. The van der Waals surface area contributed by atoms with Crippen LogP contribution in [0, 0.1) is 5.82 Å². The van der Waals surface area contributed by atoms with Crippen molar-refractivity contribution in [3.63, 3.8) is 0 Å². The number of nitrogens with zero attached hydrogens (tertiary/aromatic N) is 1. The van der Waals surface area contributed by atoms with Crippen LogP contribution < -0.4 is 5.32 Å². The van der Waals surface area contributed by atoms with Crippen molar-refractivity contribution < 1.29 is 19.1 Å². The summed E-state index contributed by atoms with van der Waals surface area (Å²) < 4.78 is 15.1. The molecular weight excluding hydrogens is 335 g/mol. The average molecular weight is 347 g/mol. The van der Waals surface area contributed by atoms with Crippen LogP contribution in [0.25, 0.3) is 10.9 Å². The maximum Gasteiger partial charge on any atom is 0.352 e. The lowest BCUT2D eigenvalue weighted by Crippen LogP contribution is -2.21. The van der Waals surface area contributed by atoms with E-state index >= 15 is 0 Å². The van der Waals surface area contributed by atoms with Crippen molar-refractivity contribution in [1.82, 2.24) is 4.57 Å². The molecule has 0 aliphatic carbocycles. The van der Waals surface area contributed by atoms with Gasteiger partial charge in [-0.2, -0.15) is 0 Å². The van der Waals surface area contributed by atoms with Gasteiger partial charge in [0.15, 0.2) is 0 Å². The largest absolute Gasteiger partial charge is 0.477 e. The summed E-state index contributed by atoms with van der Waals surface area (Å²) in [7, 11) is 0. The van der Waals surface area contributed by atoms with Gasteiger partial charge in [-0.05, 0) is 30.3 Å². The number of aromatic carboxylic acids is 1. The fourth-order valence-corrected chi connectivity index (χ4v) is 2.64. The second-order valence-electron chi connectivity index (χ2n) is 5.15. The molecule has 1 aromatic heterocycles. The van der Waals surface area contributed by atoms with E-state index in [-0.39, 0.29) is 22.9 Å². The minimum atomic E-state index is -1.14. The van der Waals surface area contributed by atoms with Crippen molar-refractivity contribution in [2.24, 2.45) is 0 Å². The molecule has 0 atom stereocenters. The number of nitrogens with one attached hydrogen (secondary N) is 1. The molecule has 3 rings (SSSR count). The van der Waals surface area contributed by atoms with E-state index < -0.39 is 17.7 Å². The van der Waals surface area contributed by atoms with Crippen LogP contribution in [0.5, 0.6) is 0 Å². The lowest BCUT2D eigenvalue weighted by atomic mass is 10.2. The number of fused-ring (bicyclic) bond motifs is 1. The predicted molar refractivity (Wildman–Crippen MR) is 88.9 cm³/mol. The first-order chi connectivity index (χ1) is 11.5. The van der Waals surface area contributed by atoms with Gasteiger partial charge in [0.1, 0.15) is 18.1 Å². The van der Waals surface area contributed by atoms with E-state index in [1.54, 1.807) is 24.3 Å². The minimum Gasteiger partial charge on any atom is -0.477 e. The predicted octanol–water partition coefficient (Wildman–Crippen LogP) is 3.77. The van der Waals surface area contributed by atoms with Crippen molar-refractivity contribution in [3.8, 4) is 0 Å². The number of hydrogen-bond donors (Lipinski definition) is 2. The van der Waals surface area contributed by atoms with Gasteiger partial charge >= 0.3 is 5.97 Å². The van der Waals surface area contributed by atoms with Crippen LogP contribution in [0.3, 0.4) is 0 Å². The Morgan fingerprint density at radius 1 is 1.17 bits per heavy atom. The maximum absolute atomic E-state index is 13.7. The molecule has 0 aliphatic rings. The molecule has 0 fully saturated rings. The Bertz CT molecular complexity index is 952. The van der Waals surface area contributed by atoms with Crippen LogP contribution in [0.15, 0.2) is 48.5 Å². The third-order valence-corrected chi connectivity index (χ3v) is 3.77.